The molecule has 4 rings (SSSR count). The van der Waals surface area contributed by atoms with Gasteiger partial charge in [-0.2, -0.15) is 0 Å². The van der Waals surface area contributed by atoms with Crippen molar-refractivity contribution in [2.75, 3.05) is 13.2 Å². The van der Waals surface area contributed by atoms with Crippen LogP contribution < -0.4 is 0 Å². The first-order chi connectivity index (χ1) is 11.3. The summed E-state index contributed by atoms with van der Waals surface area (Å²) in [4.78, 5) is 16.3. The molecule has 1 atom stereocenters. The molecule has 2 aromatic rings. The lowest BCUT2D eigenvalue weighted by Crippen LogP contribution is -2.33. The van der Waals surface area contributed by atoms with Crippen LogP contribution in [0.5, 0.6) is 0 Å². The second-order valence-electron chi connectivity index (χ2n) is 6.30. The quantitative estimate of drug-likeness (QED) is 0.841. The van der Waals surface area contributed by atoms with Crippen molar-refractivity contribution < 1.29 is 9.53 Å². The van der Waals surface area contributed by atoms with E-state index in [1.54, 1.807) is 0 Å². The Morgan fingerprint density at radius 1 is 1.22 bits per heavy atom. The summed E-state index contributed by atoms with van der Waals surface area (Å²) in [6.45, 7) is 2.32. The van der Waals surface area contributed by atoms with Gasteiger partial charge in [0.1, 0.15) is 0 Å². The Bertz CT molecular complexity index is 709. The van der Waals surface area contributed by atoms with Crippen molar-refractivity contribution in [3.05, 3.63) is 57.3 Å². The van der Waals surface area contributed by atoms with Gasteiger partial charge in [-0.25, -0.2) is 0 Å². The van der Waals surface area contributed by atoms with Gasteiger partial charge in [0.25, 0.3) is 0 Å². The largest absolute Gasteiger partial charge is 0.373 e. The summed E-state index contributed by atoms with van der Waals surface area (Å²) in [5, 5.41) is 2.14. The zero-order valence-corrected chi connectivity index (χ0v) is 14.0. The number of nitrogens with zero attached hydrogens (tertiary/aromatic N) is 1. The van der Waals surface area contributed by atoms with Crippen LogP contribution in [0.25, 0.3) is 0 Å². The SMILES string of the molecule is O=C(CC1OCCc2ccccc21)N1CCCc2sccc2C1. The van der Waals surface area contributed by atoms with Crippen molar-refractivity contribution in [3.8, 4) is 0 Å². The van der Waals surface area contributed by atoms with Crippen LogP contribution in [0.1, 0.15) is 40.5 Å². The Balaban J connectivity index is 1.48. The molecule has 3 heterocycles. The molecule has 3 nitrogen and oxygen atoms in total. The van der Waals surface area contributed by atoms with Crippen molar-refractivity contribution in [1.82, 2.24) is 4.90 Å². The van der Waals surface area contributed by atoms with E-state index in [4.69, 9.17) is 4.74 Å². The van der Waals surface area contributed by atoms with Crippen LogP contribution in [0.15, 0.2) is 35.7 Å². The number of amides is 1. The number of benzene rings is 1. The van der Waals surface area contributed by atoms with E-state index in [-0.39, 0.29) is 12.0 Å². The highest BCUT2D eigenvalue weighted by molar-refractivity contribution is 7.10. The summed E-state index contributed by atoms with van der Waals surface area (Å²) in [6, 6.07) is 10.5. The van der Waals surface area contributed by atoms with Gasteiger partial charge in [-0.3, -0.25) is 4.79 Å². The lowest BCUT2D eigenvalue weighted by Gasteiger charge is -2.28. The molecule has 120 valence electrons. The van der Waals surface area contributed by atoms with Gasteiger partial charge in [-0.1, -0.05) is 24.3 Å². The molecule has 0 fully saturated rings. The van der Waals surface area contributed by atoms with Crippen LogP contribution in [0, 0.1) is 0 Å². The van der Waals surface area contributed by atoms with Gasteiger partial charge in [0.05, 0.1) is 19.1 Å². The number of ether oxygens (including phenoxy) is 1. The molecule has 0 spiro atoms. The van der Waals surface area contributed by atoms with Crippen LogP contribution in [0.3, 0.4) is 0 Å². The highest BCUT2D eigenvalue weighted by Crippen LogP contribution is 2.31. The third kappa shape index (κ3) is 3.06. The zero-order valence-electron chi connectivity index (χ0n) is 13.2. The maximum atomic E-state index is 12.8. The van der Waals surface area contributed by atoms with Crippen molar-refractivity contribution in [1.29, 1.82) is 0 Å². The molecule has 2 aliphatic heterocycles. The molecule has 0 aliphatic carbocycles. The van der Waals surface area contributed by atoms with Crippen LogP contribution in [-0.4, -0.2) is 24.0 Å². The monoisotopic (exact) mass is 327 g/mol. The summed E-state index contributed by atoms with van der Waals surface area (Å²) in [5.41, 5.74) is 3.84. The number of rotatable bonds is 2. The fourth-order valence-electron chi connectivity index (χ4n) is 3.59. The van der Waals surface area contributed by atoms with Crippen molar-refractivity contribution >= 4 is 17.2 Å². The van der Waals surface area contributed by atoms with Gasteiger partial charge in [0, 0.05) is 18.0 Å². The van der Waals surface area contributed by atoms with E-state index in [2.05, 4.69) is 29.6 Å². The maximum Gasteiger partial charge on any atom is 0.225 e. The molecular formula is C19H21NO2S. The summed E-state index contributed by atoms with van der Waals surface area (Å²) < 4.78 is 5.91. The first kappa shape index (κ1) is 14.9. The normalized spacial score (nSPS) is 20.5. The maximum absolute atomic E-state index is 12.8. The van der Waals surface area contributed by atoms with Crippen LogP contribution in [-0.2, 0) is 28.9 Å². The Morgan fingerprint density at radius 3 is 3.09 bits per heavy atom. The summed E-state index contributed by atoms with van der Waals surface area (Å²) in [6.07, 6.45) is 3.47. The van der Waals surface area contributed by atoms with Crippen molar-refractivity contribution in [3.63, 3.8) is 0 Å². The van der Waals surface area contributed by atoms with E-state index in [0.29, 0.717) is 13.0 Å². The molecule has 4 heteroatoms. The van der Waals surface area contributed by atoms with Crippen LogP contribution in [0.2, 0.25) is 0 Å². The zero-order chi connectivity index (χ0) is 15.6. The number of aryl methyl sites for hydroxylation is 1. The number of carbonyl (C=O) groups excluding carboxylic acids is 1. The lowest BCUT2D eigenvalue weighted by molar-refractivity contribution is -0.135. The standard InChI is InChI=1S/C19H21NO2S/c21-19(20-9-3-6-18-15(13-20)8-11-23-18)12-17-16-5-2-1-4-14(16)7-10-22-17/h1-2,4-5,8,11,17H,3,6-7,9-10,12-13H2. The summed E-state index contributed by atoms with van der Waals surface area (Å²) >= 11 is 1.82. The van der Waals surface area contributed by atoms with E-state index in [9.17, 15) is 4.79 Å². The fourth-order valence-corrected chi connectivity index (χ4v) is 4.53. The Hall–Kier alpha value is -1.65. The third-order valence-corrected chi connectivity index (χ3v) is 5.86. The number of hydrogen-bond donors (Lipinski definition) is 0. The minimum atomic E-state index is -0.0855. The molecule has 0 N–H and O–H groups in total. The number of hydrogen-bond acceptors (Lipinski definition) is 3. The van der Waals surface area contributed by atoms with Gasteiger partial charge >= 0.3 is 0 Å². The molecule has 1 aromatic heterocycles. The van der Waals surface area contributed by atoms with E-state index in [1.165, 1.54) is 21.6 Å². The van der Waals surface area contributed by atoms with E-state index in [0.717, 1.165) is 32.4 Å². The van der Waals surface area contributed by atoms with Gasteiger partial charge in [0.15, 0.2) is 0 Å². The highest BCUT2D eigenvalue weighted by Gasteiger charge is 2.26. The molecule has 1 amide bonds. The molecule has 0 radical (unpaired) electrons. The third-order valence-electron chi connectivity index (χ3n) is 4.84. The molecule has 1 aromatic carbocycles. The summed E-state index contributed by atoms with van der Waals surface area (Å²) in [5.74, 6) is 0.214. The fraction of sp³-hybridized carbons (Fsp3) is 0.421. The highest BCUT2D eigenvalue weighted by atomic mass is 32.1. The molecule has 0 saturated heterocycles. The first-order valence-corrected chi connectivity index (χ1v) is 9.21. The predicted molar refractivity (Wildman–Crippen MR) is 91.5 cm³/mol. The minimum Gasteiger partial charge on any atom is -0.373 e. The second kappa shape index (κ2) is 6.46. The lowest BCUT2D eigenvalue weighted by atomic mass is 9.95. The number of thiophene rings is 1. The van der Waals surface area contributed by atoms with E-state index in [1.807, 2.05) is 22.3 Å². The van der Waals surface area contributed by atoms with Crippen molar-refractivity contribution in [2.24, 2.45) is 0 Å². The first-order valence-electron chi connectivity index (χ1n) is 8.33. The molecule has 1 unspecified atom stereocenters. The minimum absolute atomic E-state index is 0.0855. The van der Waals surface area contributed by atoms with E-state index < -0.39 is 0 Å². The Labute approximate surface area is 140 Å². The molecule has 23 heavy (non-hydrogen) atoms. The average molecular weight is 327 g/mol. The second-order valence-corrected chi connectivity index (χ2v) is 7.30. The van der Waals surface area contributed by atoms with Gasteiger partial charge in [-0.05, 0) is 47.4 Å². The number of fused-ring (bicyclic) bond motifs is 2. The molecular weight excluding hydrogens is 306 g/mol. The average Bonchev–Trinajstić information content (AvgIpc) is 2.92. The smallest absolute Gasteiger partial charge is 0.225 e. The van der Waals surface area contributed by atoms with Gasteiger partial charge in [-0.15, -0.1) is 11.3 Å². The molecule has 2 aliphatic rings. The van der Waals surface area contributed by atoms with Crippen molar-refractivity contribution in [2.45, 2.75) is 38.3 Å². The van der Waals surface area contributed by atoms with Crippen LogP contribution >= 0.6 is 11.3 Å². The van der Waals surface area contributed by atoms with E-state index >= 15 is 0 Å². The summed E-state index contributed by atoms with van der Waals surface area (Å²) in [7, 11) is 0. The Kier molecular flexibility index (Phi) is 4.19. The molecule has 0 bridgehead atoms. The Morgan fingerprint density at radius 2 is 2.13 bits per heavy atom. The van der Waals surface area contributed by atoms with Gasteiger partial charge in [0.2, 0.25) is 5.91 Å². The molecule has 0 saturated carbocycles. The predicted octanol–water partition coefficient (Wildman–Crippen LogP) is 3.73. The topological polar surface area (TPSA) is 29.5 Å². The number of carbonyl (C=O) groups is 1. The van der Waals surface area contributed by atoms with Gasteiger partial charge < -0.3 is 9.64 Å². The van der Waals surface area contributed by atoms with Crippen LogP contribution in [0.4, 0.5) is 0 Å².